The van der Waals surface area contributed by atoms with Crippen molar-refractivity contribution in [3.8, 4) is 0 Å². The van der Waals surface area contributed by atoms with Crippen LogP contribution in [-0.2, 0) is 14.6 Å². The van der Waals surface area contributed by atoms with Gasteiger partial charge in [0, 0.05) is 24.2 Å². The molecular formula is C13H16ClNO3S. The topological polar surface area (TPSA) is 54.5 Å². The molecule has 6 heteroatoms. The van der Waals surface area contributed by atoms with Gasteiger partial charge in [-0.25, -0.2) is 8.42 Å². The lowest BCUT2D eigenvalue weighted by atomic mass is 9.94. The van der Waals surface area contributed by atoms with E-state index in [-0.39, 0.29) is 24.1 Å². The lowest BCUT2D eigenvalue weighted by Gasteiger charge is -2.41. The van der Waals surface area contributed by atoms with Crippen molar-refractivity contribution >= 4 is 27.3 Å². The van der Waals surface area contributed by atoms with Crippen LogP contribution in [0.2, 0.25) is 5.02 Å². The molecule has 1 heterocycles. The Morgan fingerprint density at radius 1 is 1.37 bits per heavy atom. The van der Waals surface area contributed by atoms with E-state index in [0.29, 0.717) is 11.6 Å². The molecule has 0 N–H and O–H groups in total. The largest absolute Gasteiger partial charge is 0.335 e. The Balaban J connectivity index is 1.98. The van der Waals surface area contributed by atoms with Crippen LogP contribution in [0.25, 0.3) is 0 Å². The summed E-state index contributed by atoms with van der Waals surface area (Å²) in [5.74, 6) is -0.188. The maximum atomic E-state index is 12.0. The molecule has 0 bridgehead atoms. The molecule has 0 aromatic heterocycles. The number of sulfone groups is 1. The molecule has 1 aliphatic rings. The molecule has 0 aliphatic carbocycles. The number of likely N-dealkylation sites (tertiary alicyclic amines) is 1. The van der Waals surface area contributed by atoms with Gasteiger partial charge >= 0.3 is 0 Å². The van der Waals surface area contributed by atoms with Gasteiger partial charge in [0.2, 0.25) is 5.91 Å². The third-order valence-electron chi connectivity index (χ3n) is 3.28. The monoisotopic (exact) mass is 301 g/mol. The molecule has 1 aromatic carbocycles. The standard InChI is InChI=1S/C13H16ClNO3S/c1-19(17,18)9-7-13(16)15-8-6-12(15)10-2-4-11(14)5-3-10/h2-5,12H,6-9H2,1H3. The zero-order chi connectivity index (χ0) is 14.0. The van der Waals surface area contributed by atoms with Gasteiger partial charge in [-0.3, -0.25) is 4.79 Å². The lowest BCUT2D eigenvalue weighted by molar-refractivity contribution is -0.138. The molecule has 0 saturated carbocycles. The number of halogens is 1. The van der Waals surface area contributed by atoms with Crippen molar-refractivity contribution in [2.75, 3.05) is 18.6 Å². The summed E-state index contributed by atoms with van der Waals surface area (Å²) in [6.07, 6.45) is 2.11. The zero-order valence-corrected chi connectivity index (χ0v) is 12.2. The molecule has 104 valence electrons. The summed E-state index contributed by atoms with van der Waals surface area (Å²) >= 11 is 5.83. The minimum Gasteiger partial charge on any atom is -0.335 e. The van der Waals surface area contributed by atoms with Crippen LogP contribution in [0.5, 0.6) is 0 Å². The maximum absolute atomic E-state index is 12.0. The van der Waals surface area contributed by atoms with E-state index in [1.165, 1.54) is 0 Å². The third kappa shape index (κ3) is 3.70. The van der Waals surface area contributed by atoms with Crippen molar-refractivity contribution in [3.63, 3.8) is 0 Å². The van der Waals surface area contributed by atoms with Crippen LogP contribution in [0.4, 0.5) is 0 Å². The van der Waals surface area contributed by atoms with Crippen LogP contribution in [0.3, 0.4) is 0 Å². The van der Waals surface area contributed by atoms with Gasteiger partial charge in [-0.05, 0) is 24.1 Å². The summed E-state index contributed by atoms with van der Waals surface area (Å²) in [6.45, 7) is 0.690. The number of carbonyl (C=O) groups excluding carboxylic acids is 1. The molecule has 0 radical (unpaired) electrons. The predicted molar refractivity (Wildman–Crippen MR) is 74.9 cm³/mol. The Morgan fingerprint density at radius 2 is 2.00 bits per heavy atom. The molecule has 1 saturated heterocycles. The molecule has 1 fully saturated rings. The van der Waals surface area contributed by atoms with Crippen molar-refractivity contribution in [1.82, 2.24) is 4.90 Å². The van der Waals surface area contributed by atoms with Crippen LogP contribution < -0.4 is 0 Å². The first-order valence-electron chi connectivity index (χ1n) is 6.09. The average Bonchev–Trinajstić information content (AvgIpc) is 2.27. The molecule has 1 aromatic rings. The molecule has 1 unspecified atom stereocenters. The van der Waals surface area contributed by atoms with Crippen molar-refractivity contribution in [3.05, 3.63) is 34.9 Å². The van der Waals surface area contributed by atoms with Gasteiger partial charge < -0.3 is 4.90 Å². The summed E-state index contributed by atoms with van der Waals surface area (Å²) in [4.78, 5) is 13.7. The second kappa shape index (κ2) is 5.51. The minimum atomic E-state index is -3.09. The molecule has 0 spiro atoms. The Hall–Kier alpha value is -1.07. The summed E-state index contributed by atoms with van der Waals surface area (Å²) in [5.41, 5.74) is 1.04. The Morgan fingerprint density at radius 3 is 2.47 bits per heavy atom. The smallest absolute Gasteiger partial charge is 0.224 e. The van der Waals surface area contributed by atoms with Crippen molar-refractivity contribution < 1.29 is 13.2 Å². The fourth-order valence-electron chi connectivity index (χ4n) is 2.13. The normalized spacial score (nSPS) is 19.1. The first kappa shape index (κ1) is 14.3. The highest BCUT2D eigenvalue weighted by molar-refractivity contribution is 7.90. The quantitative estimate of drug-likeness (QED) is 0.855. The number of nitrogens with zero attached hydrogens (tertiary/aromatic N) is 1. The van der Waals surface area contributed by atoms with Crippen LogP contribution in [0.15, 0.2) is 24.3 Å². The maximum Gasteiger partial charge on any atom is 0.224 e. The Bertz CT molecular complexity index is 568. The molecule has 2 rings (SSSR count). The Labute approximate surface area is 118 Å². The average molecular weight is 302 g/mol. The molecular weight excluding hydrogens is 286 g/mol. The summed E-state index contributed by atoms with van der Waals surface area (Å²) in [7, 11) is -3.09. The molecule has 1 atom stereocenters. The first-order valence-corrected chi connectivity index (χ1v) is 8.53. The van der Waals surface area contributed by atoms with E-state index >= 15 is 0 Å². The number of hydrogen-bond donors (Lipinski definition) is 0. The highest BCUT2D eigenvalue weighted by Crippen LogP contribution is 2.34. The number of hydrogen-bond acceptors (Lipinski definition) is 3. The summed E-state index contributed by atoms with van der Waals surface area (Å²) in [6, 6.07) is 7.47. The molecule has 4 nitrogen and oxygen atoms in total. The van der Waals surface area contributed by atoms with Gasteiger partial charge in [-0.1, -0.05) is 23.7 Å². The highest BCUT2D eigenvalue weighted by atomic mass is 35.5. The van der Waals surface area contributed by atoms with Gasteiger partial charge in [0.05, 0.1) is 11.8 Å². The van der Waals surface area contributed by atoms with E-state index in [9.17, 15) is 13.2 Å². The van der Waals surface area contributed by atoms with E-state index in [0.717, 1.165) is 18.2 Å². The second-order valence-corrected chi connectivity index (χ2v) is 7.52. The van der Waals surface area contributed by atoms with Crippen LogP contribution in [-0.4, -0.2) is 37.8 Å². The van der Waals surface area contributed by atoms with Crippen molar-refractivity contribution in [2.45, 2.75) is 18.9 Å². The van der Waals surface area contributed by atoms with E-state index in [1.54, 1.807) is 17.0 Å². The van der Waals surface area contributed by atoms with E-state index in [2.05, 4.69) is 0 Å². The lowest BCUT2D eigenvalue weighted by Crippen LogP contribution is -2.45. The van der Waals surface area contributed by atoms with Crippen LogP contribution >= 0.6 is 11.6 Å². The van der Waals surface area contributed by atoms with E-state index in [1.807, 2.05) is 12.1 Å². The summed E-state index contributed by atoms with van der Waals surface area (Å²) in [5, 5.41) is 0.665. The fourth-order valence-corrected chi connectivity index (χ4v) is 2.81. The van der Waals surface area contributed by atoms with Gasteiger partial charge in [0.1, 0.15) is 9.84 Å². The number of amides is 1. The predicted octanol–water partition coefficient (Wildman–Crippen LogP) is 2.05. The number of rotatable bonds is 4. The number of carbonyl (C=O) groups is 1. The van der Waals surface area contributed by atoms with Crippen molar-refractivity contribution in [2.24, 2.45) is 0 Å². The SMILES string of the molecule is CS(=O)(=O)CCC(=O)N1CCC1c1ccc(Cl)cc1. The highest BCUT2D eigenvalue weighted by Gasteiger charge is 2.33. The fraction of sp³-hybridized carbons (Fsp3) is 0.462. The van der Waals surface area contributed by atoms with Crippen molar-refractivity contribution in [1.29, 1.82) is 0 Å². The third-order valence-corrected chi connectivity index (χ3v) is 4.48. The van der Waals surface area contributed by atoms with E-state index in [4.69, 9.17) is 11.6 Å². The summed E-state index contributed by atoms with van der Waals surface area (Å²) < 4.78 is 22.1. The van der Waals surface area contributed by atoms with Crippen LogP contribution in [0.1, 0.15) is 24.4 Å². The van der Waals surface area contributed by atoms with Gasteiger partial charge in [-0.15, -0.1) is 0 Å². The van der Waals surface area contributed by atoms with Crippen LogP contribution in [0, 0.1) is 0 Å². The number of benzene rings is 1. The first-order chi connectivity index (χ1) is 8.87. The van der Waals surface area contributed by atoms with E-state index < -0.39 is 9.84 Å². The molecule has 1 amide bonds. The molecule has 1 aliphatic heterocycles. The van der Waals surface area contributed by atoms with Gasteiger partial charge in [0.15, 0.2) is 0 Å². The van der Waals surface area contributed by atoms with Gasteiger partial charge in [0.25, 0.3) is 0 Å². The minimum absolute atomic E-state index is 0.0585. The second-order valence-electron chi connectivity index (χ2n) is 4.82. The van der Waals surface area contributed by atoms with Gasteiger partial charge in [-0.2, -0.15) is 0 Å². The zero-order valence-electron chi connectivity index (χ0n) is 10.7. The Kier molecular flexibility index (Phi) is 4.16. The molecule has 19 heavy (non-hydrogen) atoms.